The normalized spacial score (nSPS) is 17.9. The number of halogens is 3. The van der Waals surface area contributed by atoms with Crippen LogP contribution in [-0.2, 0) is 4.08 Å². The van der Waals surface area contributed by atoms with E-state index in [0.29, 0.717) is 16.7 Å². The first kappa shape index (κ1) is 19.5. The third-order valence-electron chi connectivity index (χ3n) is 4.24. The first-order chi connectivity index (χ1) is 12.4. The van der Waals surface area contributed by atoms with Crippen molar-refractivity contribution in [2.45, 2.75) is 30.1 Å². The van der Waals surface area contributed by atoms with Crippen LogP contribution in [-0.4, -0.2) is 23.2 Å². The minimum atomic E-state index is -2.90. The second kappa shape index (κ2) is 8.15. The minimum absolute atomic E-state index is 0.0831. The second-order valence-electron chi connectivity index (χ2n) is 6.03. The molecule has 1 unspecified atom stereocenters. The van der Waals surface area contributed by atoms with Crippen molar-refractivity contribution in [3.05, 3.63) is 65.0 Å². The number of hydrogen-bond donors (Lipinski definition) is 1. The number of hydrogen-bond acceptors (Lipinski definition) is 4. The number of aliphatic hydroxyl groups excluding tert-OH is 1. The molecule has 1 aliphatic rings. The maximum absolute atomic E-state index is 13.8. The van der Waals surface area contributed by atoms with Crippen LogP contribution in [0, 0.1) is 12.7 Å². The molecular weight excluding hydrogens is 381 g/mol. The zero-order valence-corrected chi connectivity index (χ0v) is 15.8. The first-order valence-corrected chi connectivity index (χ1v) is 10.2. The number of ether oxygens (including phenoxy) is 1. The van der Waals surface area contributed by atoms with Gasteiger partial charge in [-0.15, -0.1) is 23.5 Å². The van der Waals surface area contributed by atoms with Crippen LogP contribution < -0.4 is 4.74 Å². The van der Waals surface area contributed by atoms with E-state index in [4.69, 9.17) is 0 Å². The van der Waals surface area contributed by atoms with Crippen molar-refractivity contribution in [1.82, 2.24) is 0 Å². The van der Waals surface area contributed by atoms with Gasteiger partial charge in [-0.3, -0.25) is 0 Å². The molecule has 0 amide bonds. The lowest BCUT2D eigenvalue weighted by atomic mass is 9.98. The lowest BCUT2D eigenvalue weighted by Crippen LogP contribution is -2.30. The predicted octanol–water partition coefficient (Wildman–Crippen LogP) is 5.49. The number of aryl methyl sites for hydroxylation is 1. The standard InChI is InChI=1S/C19H19F3O2S2/c1-12-10-13(6-7-16(12)24-18(21)22)17(23)19(25-8-3-9-26-19)14-4-2-5-15(20)11-14/h2,4-7,10-11,17-18,23H,3,8-9H2,1H3. The number of rotatable bonds is 5. The summed E-state index contributed by atoms with van der Waals surface area (Å²) >= 11 is 3.18. The molecule has 0 aromatic heterocycles. The Balaban J connectivity index is 1.98. The zero-order chi connectivity index (χ0) is 18.7. The van der Waals surface area contributed by atoms with Gasteiger partial charge in [-0.1, -0.05) is 18.2 Å². The van der Waals surface area contributed by atoms with Crippen molar-refractivity contribution in [1.29, 1.82) is 0 Å². The lowest BCUT2D eigenvalue weighted by Gasteiger charge is -2.40. The van der Waals surface area contributed by atoms with Gasteiger partial charge in [-0.05, 0) is 65.8 Å². The fraction of sp³-hybridized carbons (Fsp3) is 0.368. The van der Waals surface area contributed by atoms with E-state index in [-0.39, 0.29) is 11.6 Å². The average molecular weight is 400 g/mol. The SMILES string of the molecule is Cc1cc(C(O)C2(c3cccc(F)c3)SCCCS2)ccc1OC(F)F. The Bertz CT molecular complexity index is 764. The highest BCUT2D eigenvalue weighted by Gasteiger charge is 2.43. The monoisotopic (exact) mass is 400 g/mol. The van der Waals surface area contributed by atoms with Crippen molar-refractivity contribution in [2.24, 2.45) is 0 Å². The van der Waals surface area contributed by atoms with E-state index in [2.05, 4.69) is 4.74 Å². The smallest absolute Gasteiger partial charge is 0.387 e. The molecule has 1 fully saturated rings. The largest absolute Gasteiger partial charge is 0.435 e. The highest BCUT2D eigenvalue weighted by molar-refractivity contribution is 8.18. The van der Waals surface area contributed by atoms with Gasteiger partial charge in [0.25, 0.3) is 0 Å². The predicted molar refractivity (Wildman–Crippen MR) is 100 cm³/mol. The third kappa shape index (κ3) is 4.00. The van der Waals surface area contributed by atoms with E-state index < -0.39 is 16.8 Å². The summed E-state index contributed by atoms with van der Waals surface area (Å²) in [4.78, 5) is 0. The molecule has 1 atom stereocenters. The molecule has 0 saturated carbocycles. The number of alkyl halides is 2. The lowest BCUT2D eigenvalue weighted by molar-refractivity contribution is -0.0503. The number of thioether (sulfide) groups is 2. The topological polar surface area (TPSA) is 29.5 Å². The van der Waals surface area contributed by atoms with Crippen LogP contribution in [0.25, 0.3) is 0 Å². The fourth-order valence-corrected chi connectivity index (χ4v) is 6.40. The van der Waals surface area contributed by atoms with Gasteiger partial charge in [0, 0.05) is 0 Å². The van der Waals surface area contributed by atoms with Gasteiger partial charge in [0.2, 0.25) is 0 Å². The molecule has 3 rings (SSSR count). The van der Waals surface area contributed by atoms with E-state index in [1.165, 1.54) is 18.2 Å². The summed E-state index contributed by atoms with van der Waals surface area (Å²) in [5, 5.41) is 11.2. The highest BCUT2D eigenvalue weighted by Crippen LogP contribution is 2.57. The first-order valence-electron chi connectivity index (χ1n) is 8.20. The van der Waals surface area contributed by atoms with Crippen molar-refractivity contribution >= 4 is 23.5 Å². The number of aliphatic hydroxyl groups is 1. The van der Waals surface area contributed by atoms with Crippen molar-refractivity contribution in [3.8, 4) is 5.75 Å². The van der Waals surface area contributed by atoms with Crippen LogP contribution in [0.4, 0.5) is 13.2 Å². The maximum atomic E-state index is 13.8. The Hall–Kier alpha value is -1.31. The molecule has 7 heteroatoms. The molecule has 1 saturated heterocycles. The summed E-state index contributed by atoms with van der Waals surface area (Å²) in [6, 6.07) is 11.0. The van der Waals surface area contributed by atoms with Crippen LogP contribution >= 0.6 is 23.5 Å². The maximum Gasteiger partial charge on any atom is 0.387 e. The summed E-state index contributed by atoms with van der Waals surface area (Å²) in [5.74, 6) is 1.44. The summed E-state index contributed by atoms with van der Waals surface area (Å²) in [7, 11) is 0. The second-order valence-corrected chi connectivity index (χ2v) is 8.97. The minimum Gasteiger partial charge on any atom is -0.435 e. The summed E-state index contributed by atoms with van der Waals surface area (Å²) in [6.45, 7) is -1.24. The van der Waals surface area contributed by atoms with Crippen LogP contribution in [0.15, 0.2) is 42.5 Å². The molecule has 0 bridgehead atoms. The number of benzene rings is 2. The van der Waals surface area contributed by atoms with Gasteiger partial charge >= 0.3 is 6.61 Å². The van der Waals surface area contributed by atoms with Crippen molar-refractivity contribution < 1.29 is 23.0 Å². The third-order valence-corrected chi connectivity index (χ3v) is 7.71. The molecule has 140 valence electrons. The van der Waals surface area contributed by atoms with E-state index in [0.717, 1.165) is 17.9 Å². The molecular formula is C19H19F3O2S2. The van der Waals surface area contributed by atoms with Crippen molar-refractivity contribution in [3.63, 3.8) is 0 Å². The van der Waals surface area contributed by atoms with Crippen LogP contribution in [0.1, 0.15) is 29.2 Å². The van der Waals surface area contributed by atoms with E-state index >= 15 is 0 Å². The van der Waals surface area contributed by atoms with Gasteiger partial charge < -0.3 is 9.84 Å². The van der Waals surface area contributed by atoms with Gasteiger partial charge in [-0.25, -0.2) is 4.39 Å². The van der Waals surface area contributed by atoms with Gasteiger partial charge in [-0.2, -0.15) is 8.78 Å². The van der Waals surface area contributed by atoms with E-state index in [9.17, 15) is 18.3 Å². The summed E-state index contributed by atoms with van der Waals surface area (Å²) < 4.78 is 42.5. The van der Waals surface area contributed by atoms with Crippen molar-refractivity contribution in [2.75, 3.05) is 11.5 Å². The molecule has 2 aromatic carbocycles. The molecule has 1 aliphatic heterocycles. The Morgan fingerprint density at radius 1 is 1.12 bits per heavy atom. The van der Waals surface area contributed by atoms with Gasteiger partial charge in [0.05, 0.1) is 0 Å². The Morgan fingerprint density at radius 3 is 2.46 bits per heavy atom. The Labute approximate surface area is 159 Å². The molecule has 1 heterocycles. The molecule has 1 N–H and O–H groups in total. The van der Waals surface area contributed by atoms with Crippen LogP contribution in [0.5, 0.6) is 5.75 Å². The van der Waals surface area contributed by atoms with Gasteiger partial charge in [0.1, 0.15) is 21.7 Å². The molecule has 2 nitrogen and oxygen atoms in total. The molecule has 0 aliphatic carbocycles. The molecule has 26 heavy (non-hydrogen) atoms. The van der Waals surface area contributed by atoms with Crippen LogP contribution in [0.3, 0.4) is 0 Å². The average Bonchev–Trinajstić information content (AvgIpc) is 2.63. The van der Waals surface area contributed by atoms with E-state index in [1.807, 2.05) is 6.07 Å². The molecule has 0 radical (unpaired) electrons. The Morgan fingerprint density at radius 2 is 1.85 bits per heavy atom. The molecule has 2 aromatic rings. The quantitative estimate of drug-likeness (QED) is 0.718. The molecule has 0 spiro atoms. The highest BCUT2D eigenvalue weighted by atomic mass is 32.2. The Kier molecular flexibility index (Phi) is 6.10. The zero-order valence-electron chi connectivity index (χ0n) is 14.1. The van der Waals surface area contributed by atoms with Crippen LogP contribution in [0.2, 0.25) is 0 Å². The summed E-state index contributed by atoms with van der Waals surface area (Å²) in [5.41, 5.74) is 1.82. The van der Waals surface area contributed by atoms with E-state index in [1.54, 1.807) is 48.6 Å². The summed E-state index contributed by atoms with van der Waals surface area (Å²) in [6.07, 6.45) is 0.0955. The van der Waals surface area contributed by atoms with Gasteiger partial charge in [0.15, 0.2) is 0 Å². The fourth-order valence-electron chi connectivity index (χ4n) is 3.03.